The van der Waals surface area contributed by atoms with Gasteiger partial charge in [0.25, 0.3) is 0 Å². The molecule has 1 aromatic carbocycles. The van der Waals surface area contributed by atoms with Gasteiger partial charge in [-0.25, -0.2) is 0 Å². The van der Waals surface area contributed by atoms with Gasteiger partial charge in [0.2, 0.25) is 11.8 Å². The molecule has 5 nitrogen and oxygen atoms in total. The molecule has 3 rings (SSSR count). The maximum Gasteiger partial charge on any atom is 0.228 e. The quantitative estimate of drug-likeness (QED) is 0.865. The van der Waals surface area contributed by atoms with Crippen molar-refractivity contribution < 1.29 is 14.0 Å². The maximum absolute atomic E-state index is 12.2. The van der Waals surface area contributed by atoms with Gasteiger partial charge in [-0.05, 0) is 36.8 Å². The molecule has 1 fully saturated rings. The average molecular weight is 353 g/mol. The van der Waals surface area contributed by atoms with E-state index in [0.29, 0.717) is 34.5 Å². The summed E-state index contributed by atoms with van der Waals surface area (Å²) in [7, 11) is 0. The lowest BCUT2D eigenvalue weighted by atomic mass is 10.2. The van der Waals surface area contributed by atoms with Gasteiger partial charge in [-0.2, -0.15) is 0 Å². The lowest BCUT2D eigenvalue weighted by Gasteiger charge is -2.07. The van der Waals surface area contributed by atoms with Gasteiger partial charge in [0, 0.05) is 5.02 Å². The summed E-state index contributed by atoms with van der Waals surface area (Å²) in [5.41, 5.74) is 0.450. The SMILES string of the molecule is O=C(NCc1ccco1)C1CC1C(=O)Nc1cc(Cl)ccc1Cl. The smallest absolute Gasteiger partial charge is 0.228 e. The van der Waals surface area contributed by atoms with E-state index in [1.165, 1.54) is 0 Å². The second-order valence-electron chi connectivity index (χ2n) is 5.36. The summed E-state index contributed by atoms with van der Waals surface area (Å²) in [5.74, 6) is -0.374. The standard InChI is InChI=1S/C16H14Cl2N2O3/c17-9-3-4-13(18)14(6-9)20-16(22)12-7-11(12)15(21)19-8-10-2-1-5-23-10/h1-6,11-12H,7-8H2,(H,19,21)(H,20,22). The Morgan fingerprint density at radius 2 is 1.96 bits per heavy atom. The molecule has 2 unspecified atom stereocenters. The highest BCUT2D eigenvalue weighted by Gasteiger charge is 2.48. The Labute approximate surface area is 142 Å². The number of anilines is 1. The van der Waals surface area contributed by atoms with E-state index in [2.05, 4.69) is 10.6 Å². The van der Waals surface area contributed by atoms with Gasteiger partial charge in [-0.15, -0.1) is 0 Å². The second kappa shape index (κ2) is 6.64. The van der Waals surface area contributed by atoms with Gasteiger partial charge in [0.15, 0.2) is 0 Å². The second-order valence-corrected chi connectivity index (χ2v) is 6.20. The monoisotopic (exact) mass is 352 g/mol. The molecule has 0 bridgehead atoms. The number of furan rings is 1. The predicted octanol–water partition coefficient (Wildman–Crippen LogP) is 3.48. The lowest BCUT2D eigenvalue weighted by molar-refractivity contribution is -0.125. The van der Waals surface area contributed by atoms with Crippen molar-refractivity contribution >= 4 is 40.7 Å². The molecule has 2 aromatic rings. The van der Waals surface area contributed by atoms with Crippen molar-refractivity contribution in [1.29, 1.82) is 0 Å². The third kappa shape index (κ3) is 3.86. The first-order valence-corrected chi connectivity index (χ1v) is 7.86. The summed E-state index contributed by atoms with van der Waals surface area (Å²) in [6.45, 7) is 0.316. The highest BCUT2D eigenvalue weighted by Crippen LogP contribution is 2.40. The van der Waals surface area contributed by atoms with Crippen molar-refractivity contribution in [3.8, 4) is 0 Å². The molecule has 0 radical (unpaired) electrons. The number of hydrogen-bond acceptors (Lipinski definition) is 3. The summed E-state index contributed by atoms with van der Waals surface area (Å²) in [4.78, 5) is 24.2. The molecular formula is C16H14Cl2N2O3. The van der Waals surface area contributed by atoms with Crippen LogP contribution >= 0.6 is 23.2 Å². The molecule has 1 saturated carbocycles. The van der Waals surface area contributed by atoms with Crippen LogP contribution in [0.3, 0.4) is 0 Å². The molecule has 120 valence electrons. The van der Waals surface area contributed by atoms with Crippen LogP contribution in [0.5, 0.6) is 0 Å². The van der Waals surface area contributed by atoms with Crippen LogP contribution in [0, 0.1) is 11.8 Å². The number of carbonyl (C=O) groups excluding carboxylic acids is 2. The van der Waals surface area contributed by atoms with E-state index in [-0.39, 0.29) is 23.7 Å². The predicted molar refractivity (Wildman–Crippen MR) is 87.2 cm³/mol. The number of nitrogens with one attached hydrogen (secondary N) is 2. The number of amides is 2. The van der Waals surface area contributed by atoms with Gasteiger partial charge >= 0.3 is 0 Å². The lowest BCUT2D eigenvalue weighted by Crippen LogP contribution is -2.26. The highest BCUT2D eigenvalue weighted by molar-refractivity contribution is 6.35. The molecule has 2 N–H and O–H groups in total. The average Bonchev–Trinajstić information content (AvgIpc) is 3.17. The minimum Gasteiger partial charge on any atom is -0.467 e. The Morgan fingerprint density at radius 3 is 2.70 bits per heavy atom. The van der Waals surface area contributed by atoms with Crippen LogP contribution in [0.4, 0.5) is 5.69 Å². The van der Waals surface area contributed by atoms with E-state index in [4.69, 9.17) is 27.6 Å². The number of carbonyl (C=O) groups is 2. The Kier molecular flexibility index (Phi) is 4.59. The van der Waals surface area contributed by atoms with E-state index >= 15 is 0 Å². The van der Waals surface area contributed by atoms with Crippen molar-refractivity contribution in [1.82, 2.24) is 5.32 Å². The largest absolute Gasteiger partial charge is 0.467 e. The van der Waals surface area contributed by atoms with E-state index in [9.17, 15) is 9.59 Å². The van der Waals surface area contributed by atoms with E-state index in [1.807, 2.05) is 0 Å². The Hall–Kier alpha value is -1.98. The van der Waals surface area contributed by atoms with Gasteiger partial charge in [-0.1, -0.05) is 23.2 Å². The van der Waals surface area contributed by atoms with Crippen LogP contribution in [0.2, 0.25) is 10.0 Å². The molecule has 1 aromatic heterocycles. The first-order valence-electron chi connectivity index (χ1n) is 7.10. The van der Waals surface area contributed by atoms with Crippen LogP contribution < -0.4 is 10.6 Å². The summed E-state index contributed by atoms with van der Waals surface area (Å²) in [6, 6.07) is 8.36. The number of halogens is 2. The van der Waals surface area contributed by atoms with Crippen LogP contribution in [-0.4, -0.2) is 11.8 Å². The zero-order valence-corrected chi connectivity index (χ0v) is 13.5. The first kappa shape index (κ1) is 15.9. The van der Waals surface area contributed by atoms with Crippen molar-refractivity contribution in [3.63, 3.8) is 0 Å². The molecule has 2 amide bonds. The number of benzene rings is 1. The minimum absolute atomic E-state index is 0.154. The fourth-order valence-corrected chi connectivity index (χ4v) is 2.65. The van der Waals surface area contributed by atoms with Crippen LogP contribution in [0.25, 0.3) is 0 Å². The summed E-state index contributed by atoms with van der Waals surface area (Å²) >= 11 is 11.9. The molecule has 1 aliphatic carbocycles. The molecular weight excluding hydrogens is 339 g/mol. The molecule has 0 aliphatic heterocycles. The maximum atomic E-state index is 12.2. The van der Waals surface area contributed by atoms with Gasteiger partial charge in [0.1, 0.15) is 5.76 Å². The molecule has 2 atom stereocenters. The van der Waals surface area contributed by atoms with Crippen molar-refractivity contribution in [2.45, 2.75) is 13.0 Å². The van der Waals surface area contributed by atoms with Gasteiger partial charge in [0.05, 0.1) is 35.4 Å². The minimum atomic E-state index is -0.346. The number of rotatable bonds is 5. The van der Waals surface area contributed by atoms with E-state index in [1.54, 1.807) is 36.6 Å². The normalized spacial score (nSPS) is 19.2. The van der Waals surface area contributed by atoms with Crippen molar-refractivity contribution in [2.75, 3.05) is 5.32 Å². The zero-order chi connectivity index (χ0) is 16.4. The van der Waals surface area contributed by atoms with Crippen molar-refractivity contribution in [3.05, 3.63) is 52.4 Å². The molecule has 7 heteroatoms. The molecule has 0 spiro atoms. The molecule has 0 saturated heterocycles. The fraction of sp³-hybridized carbons (Fsp3) is 0.250. The van der Waals surface area contributed by atoms with Crippen LogP contribution in [0.1, 0.15) is 12.2 Å². The topological polar surface area (TPSA) is 71.3 Å². The first-order chi connectivity index (χ1) is 11.0. The van der Waals surface area contributed by atoms with Crippen molar-refractivity contribution in [2.24, 2.45) is 11.8 Å². The molecule has 1 aliphatic rings. The molecule has 1 heterocycles. The van der Waals surface area contributed by atoms with Gasteiger partial charge in [-0.3, -0.25) is 9.59 Å². The third-order valence-corrected chi connectivity index (χ3v) is 4.23. The highest BCUT2D eigenvalue weighted by atomic mass is 35.5. The zero-order valence-electron chi connectivity index (χ0n) is 12.0. The third-order valence-electron chi connectivity index (χ3n) is 3.67. The summed E-state index contributed by atoms with van der Waals surface area (Å²) in [5, 5.41) is 6.35. The fourth-order valence-electron chi connectivity index (χ4n) is 2.31. The van der Waals surface area contributed by atoms with Gasteiger partial charge < -0.3 is 15.1 Å². The van der Waals surface area contributed by atoms with E-state index < -0.39 is 0 Å². The van der Waals surface area contributed by atoms with E-state index in [0.717, 1.165) is 0 Å². The summed E-state index contributed by atoms with van der Waals surface area (Å²) < 4.78 is 5.14. The van der Waals surface area contributed by atoms with Crippen LogP contribution in [-0.2, 0) is 16.1 Å². The van der Waals surface area contributed by atoms with Crippen LogP contribution in [0.15, 0.2) is 41.0 Å². The summed E-state index contributed by atoms with van der Waals surface area (Å²) in [6.07, 6.45) is 2.07. The Balaban J connectivity index is 1.52. The Bertz CT molecular complexity index is 731. The number of hydrogen-bond donors (Lipinski definition) is 2. The molecule has 23 heavy (non-hydrogen) atoms. The Morgan fingerprint density at radius 1 is 1.17 bits per heavy atom.